The summed E-state index contributed by atoms with van der Waals surface area (Å²) in [5.74, 6) is 0.427. The van der Waals surface area contributed by atoms with E-state index < -0.39 is 0 Å². The number of carbonyl (C=O) groups is 1. The Labute approximate surface area is 152 Å². The molecule has 1 aliphatic rings. The summed E-state index contributed by atoms with van der Waals surface area (Å²) in [6.07, 6.45) is 9.78. The highest BCUT2D eigenvalue weighted by Crippen LogP contribution is 2.42. The Morgan fingerprint density at radius 1 is 1.16 bits per heavy atom. The number of aryl methyl sites for hydroxylation is 1. The minimum Gasteiger partial charge on any atom is -0.426 e. The molecule has 1 aliphatic carbocycles. The zero-order chi connectivity index (χ0) is 18.1. The van der Waals surface area contributed by atoms with Gasteiger partial charge in [0.25, 0.3) is 0 Å². The maximum atomic E-state index is 12.4. The Hall–Kier alpha value is -1.82. The predicted molar refractivity (Wildman–Crippen MR) is 100 cm³/mol. The van der Waals surface area contributed by atoms with Gasteiger partial charge in [-0.3, -0.25) is 4.79 Å². The minimum atomic E-state index is -0.215. The molecule has 136 valence electrons. The molecule has 0 atom stereocenters. The number of rotatable bonds is 8. The molecule has 3 heteroatoms. The van der Waals surface area contributed by atoms with Gasteiger partial charge in [0.05, 0.1) is 17.4 Å². The van der Waals surface area contributed by atoms with Gasteiger partial charge in [0.15, 0.2) is 0 Å². The van der Waals surface area contributed by atoms with Crippen molar-refractivity contribution in [3.63, 3.8) is 0 Å². The maximum Gasteiger partial charge on any atom is 0.314 e. The molecule has 1 aromatic carbocycles. The number of unbranched alkanes of at least 4 members (excludes halogenated alkanes) is 2. The van der Waals surface area contributed by atoms with Gasteiger partial charge in [0.2, 0.25) is 0 Å². The van der Waals surface area contributed by atoms with Crippen molar-refractivity contribution in [2.24, 2.45) is 11.3 Å². The molecule has 1 aromatic rings. The van der Waals surface area contributed by atoms with Gasteiger partial charge in [0, 0.05) is 0 Å². The molecule has 0 spiro atoms. The van der Waals surface area contributed by atoms with Crippen LogP contribution in [0, 0.1) is 22.7 Å². The average molecular weight is 341 g/mol. The van der Waals surface area contributed by atoms with Crippen LogP contribution in [0.3, 0.4) is 0 Å². The molecule has 0 radical (unpaired) electrons. The lowest BCUT2D eigenvalue weighted by Gasteiger charge is -2.34. The highest BCUT2D eigenvalue weighted by atomic mass is 16.5. The largest absolute Gasteiger partial charge is 0.426 e. The predicted octanol–water partition coefficient (Wildman–Crippen LogP) is 5.82. The van der Waals surface area contributed by atoms with E-state index in [1.54, 1.807) is 0 Å². The Morgan fingerprint density at radius 3 is 2.40 bits per heavy atom. The Kier molecular flexibility index (Phi) is 7.50. The van der Waals surface area contributed by atoms with E-state index in [0.29, 0.717) is 5.75 Å². The summed E-state index contributed by atoms with van der Waals surface area (Å²) in [4.78, 5) is 12.4. The molecule has 1 fully saturated rings. The first kappa shape index (κ1) is 19.5. The lowest BCUT2D eigenvalue weighted by Crippen LogP contribution is -2.31. The van der Waals surface area contributed by atoms with Crippen LogP contribution >= 0.6 is 0 Å². The highest BCUT2D eigenvalue weighted by Gasteiger charge is 2.37. The molecule has 0 aromatic heterocycles. The second kappa shape index (κ2) is 9.61. The molecule has 0 N–H and O–H groups in total. The van der Waals surface area contributed by atoms with Crippen LogP contribution in [0.1, 0.15) is 77.2 Å². The van der Waals surface area contributed by atoms with Crippen LogP contribution in [0.4, 0.5) is 0 Å². The van der Waals surface area contributed by atoms with Gasteiger partial charge in [0.1, 0.15) is 5.75 Å². The smallest absolute Gasteiger partial charge is 0.314 e. The second-order valence-electron chi connectivity index (χ2n) is 7.44. The van der Waals surface area contributed by atoms with Crippen molar-refractivity contribution < 1.29 is 9.53 Å². The van der Waals surface area contributed by atoms with E-state index in [1.165, 1.54) is 18.4 Å². The number of hydrogen-bond donors (Lipinski definition) is 0. The first-order valence-electron chi connectivity index (χ1n) is 9.84. The summed E-state index contributed by atoms with van der Waals surface area (Å²) >= 11 is 0. The van der Waals surface area contributed by atoms with Crippen LogP contribution in [-0.4, -0.2) is 5.97 Å². The zero-order valence-electron chi connectivity index (χ0n) is 15.7. The van der Waals surface area contributed by atoms with Crippen molar-refractivity contribution in [2.45, 2.75) is 78.1 Å². The number of benzene rings is 1. The molecule has 0 heterocycles. The van der Waals surface area contributed by atoms with Crippen LogP contribution < -0.4 is 4.74 Å². The molecule has 1 saturated carbocycles. The number of carbonyl (C=O) groups excluding carboxylic acids is 1. The first-order chi connectivity index (χ1) is 12.1. The summed E-state index contributed by atoms with van der Waals surface area (Å²) in [6, 6.07) is 10.4. The first-order valence-corrected chi connectivity index (χ1v) is 9.84. The standard InChI is InChI=1S/C22H31NO2/c1-3-5-6-14-22(17-23)15-12-19(13-16-22)21(24)25-20-10-8-18(7-4-2)9-11-20/h8-11,19H,3-7,12-16H2,1-2H3/t19-,22-. The van der Waals surface area contributed by atoms with Crippen LogP contribution in [0.15, 0.2) is 24.3 Å². The van der Waals surface area contributed by atoms with Crippen molar-refractivity contribution in [3.05, 3.63) is 29.8 Å². The Morgan fingerprint density at radius 2 is 1.84 bits per heavy atom. The van der Waals surface area contributed by atoms with Gasteiger partial charge in [-0.15, -0.1) is 0 Å². The molecular formula is C22H31NO2. The third kappa shape index (κ3) is 5.59. The van der Waals surface area contributed by atoms with E-state index in [0.717, 1.165) is 51.4 Å². The topological polar surface area (TPSA) is 50.1 Å². The number of ether oxygens (including phenoxy) is 1. The van der Waals surface area contributed by atoms with Gasteiger partial charge >= 0.3 is 5.97 Å². The number of nitriles is 1. The van der Waals surface area contributed by atoms with Crippen molar-refractivity contribution in [1.29, 1.82) is 5.26 Å². The van der Waals surface area contributed by atoms with Crippen LogP contribution in [0.2, 0.25) is 0 Å². The summed E-state index contributed by atoms with van der Waals surface area (Å²) in [5, 5.41) is 9.60. The van der Waals surface area contributed by atoms with Gasteiger partial charge < -0.3 is 4.74 Å². The number of esters is 1. The molecule has 0 amide bonds. The van der Waals surface area contributed by atoms with E-state index in [2.05, 4.69) is 19.9 Å². The molecule has 0 aliphatic heterocycles. The zero-order valence-corrected chi connectivity index (χ0v) is 15.7. The average Bonchev–Trinajstić information content (AvgIpc) is 2.64. The van der Waals surface area contributed by atoms with E-state index in [4.69, 9.17) is 4.74 Å². The van der Waals surface area contributed by atoms with E-state index in [1.807, 2.05) is 24.3 Å². The number of hydrogen-bond acceptors (Lipinski definition) is 3. The third-order valence-electron chi connectivity index (χ3n) is 5.45. The summed E-state index contributed by atoms with van der Waals surface area (Å²) in [5.41, 5.74) is 1.05. The fourth-order valence-corrected chi connectivity index (χ4v) is 3.75. The highest BCUT2D eigenvalue weighted by molar-refractivity contribution is 5.75. The van der Waals surface area contributed by atoms with Crippen LogP contribution in [-0.2, 0) is 11.2 Å². The SMILES string of the molecule is CCCCC[C@]1(C#N)CC[C@H](C(=O)Oc2ccc(CCC)cc2)CC1. The van der Waals surface area contributed by atoms with Crippen LogP contribution in [0.5, 0.6) is 5.75 Å². The third-order valence-corrected chi connectivity index (χ3v) is 5.45. The van der Waals surface area contributed by atoms with Crippen molar-refractivity contribution in [1.82, 2.24) is 0 Å². The molecule has 25 heavy (non-hydrogen) atoms. The Balaban J connectivity index is 1.85. The van der Waals surface area contributed by atoms with Gasteiger partial charge in [-0.25, -0.2) is 0 Å². The summed E-state index contributed by atoms with van der Waals surface area (Å²) in [6.45, 7) is 4.33. The van der Waals surface area contributed by atoms with Crippen molar-refractivity contribution in [2.75, 3.05) is 0 Å². The van der Waals surface area contributed by atoms with Crippen molar-refractivity contribution >= 4 is 5.97 Å². The van der Waals surface area contributed by atoms with Gasteiger partial charge in [-0.05, 0) is 56.2 Å². The lowest BCUT2D eigenvalue weighted by molar-refractivity contribution is -0.140. The fraction of sp³-hybridized carbons (Fsp3) is 0.636. The molecule has 3 nitrogen and oxygen atoms in total. The van der Waals surface area contributed by atoms with E-state index in [9.17, 15) is 10.1 Å². The quantitative estimate of drug-likeness (QED) is 0.340. The van der Waals surface area contributed by atoms with Crippen LogP contribution in [0.25, 0.3) is 0 Å². The lowest BCUT2D eigenvalue weighted by atomic mass is 9.69. The Bertz CT molecular complexity index is 577. The molecule has 0 unspecified atom stereocenters. The van der Waals surface area contributed by atoms with Gasteiger partial charge in [-0.1, -0.05) is 51.7 Å². The second-order valence-corrected chi connectivity index (χ2v) is 7.44. The number of nitrogens with zero attached hydrogens (tertiary/aromatic N) is 1. The summed E-state index contributed by atoms with van der Waals surface area (Å²) < 4.78 is 5.57. The monoisotopic (exact) mass is 341 g/mol. The molecule has 0 saturated heterocycles. The summed E-state index contributed by atoms with van der Waals surface area (Å²) in [7, 11) is 0. The van der Waals surface area contributed by atoms with E-state index in [-0.39, 0.29) is 17.3 Å². The maximum absolute atomic E-state index is 12.4. The molecule has 0 bridgehead atoms. The molecule has 2 rings (SSSR count). The minimum absolute atomic E-state index is 0.0667. The molecular weight excluding hydrogens is 310 g/mol. The van der Waals surface area contributed by atoms with E-state index >= 15 is 0 Å². The van der Waals surface area contributed by atoms with Crippen molar-refractivity contribution in [3.8, 4) is 11.8 Å². The normalized spacial score (nSPS) is 23.0. The van der Waals surface area contributed by atoms with Gasteiger partial charge in [-0.2, -0.15) is 5.26 Å². The fourth-order valence-electron chi connectivity index (χ4n) is 3.75.